The van der Waals surface area contributed by atoms with Gasteiger partial charge in [0, 0.05) is 52.9 Å². The normalized spacial score (nSPS) is 11.2. The van der Waals surface area contributed by atoms with E-state index in [1.807, 2.05) is 59.2 Å². The third-order valence-electron chi connectivity index (χ3n) is 6.51. The summed E-state index contributed by atoms with van der Waals surface area (Å²) in [6.07, 6.45) is 11.9. The molecule has 0 radical (unpaired) electrons. The summed E-state index contributed by atoms with van der Waals surface area (Å²) in [6.45, 7) is 5.19. The SMILES string of the molecule is CC(=S)OCCCCCCc1ccc(-c2ccc(-c3ccc(-c4ccc(CCCCCCOC(C)=S)s4)s3)s2)s1. The van der Waals surface area contributed by atoms with Gasteiger partial charge in [-0.05, 0) is 111 Å². The van der Waals surface area contributed by atoms with Crippen molar-refractivity contribution >= 4 is 79.9 Å². The van der Waals surface area contributed by atoms with Gasteiger partial charge in [0.05, 0.1) is 13.2 Å². The Balaban J connectivity index is 1.22. The fourth-order valence-corrected chi connectivity index (χ4v) is 8.99. The summed E-state index contributed by atoms with van der Waals surface area (Å²) in [4.78, 5) is 11.2. The quantitative estimate of drug-likeness (QED) is 0.0839. The van der Waals surface area contributed by atoms with Crippen molar-refractivity contribution in [3.63, 3.8) is 0 Å². The van der Waals surface area contributed by atoms with Gasteiger partial charge in [0.1, 0.15) is 0 Å². The molecular weight excluding hydrogens is 609 g/mol. The molecule has 0 unspecified atom stereocenters. The number of thiophene rings is 4. The third kappa shape index (κ3) is 10.4. The van der Waals surface area contributed by atoms with Crippen LogP contribution in [-0.4, -0.2) is 23.3 Å². The van der Waals surface area contributed by atoms with Crippen molar-refractivity contribution in [3.05, 3.63) is 58.3 Å². The van der Waals surface area contributed by atoms with Crippen molar-refractivity contribution < 1.29 is 9.47 Å². The van der Waals surface area contributed by atoms with Crippen molar-refractivity contribution in [1.82, 2.24) is 0 Å². The molecule has 0 aliphatic rings. The fraction of sp³-hybridized carbons (Fsp3) is 0.438. The third-order valence-corrected chi connectivity index (χ3v) is 11.8. The zero-order valence-corrected chi connectivity index (χ0v) is 28.3. The molecule has 4 rings (SSSR count). The molecule has 0 N–H and O–H groups in total. The highest BCUT2D eigenvalue weighted by Gasteiger charge is 2.12. The lowest BCUT2D eigenvalue weighted by molar-refractivity contribution is 0.297. The molecule has 2 nitrogen and oxygen atoms in total. The van der Waals surface area contributed by atoms with Crippen molar-refractivity contribution in [2.75, 3.05) is 13.2 Å². The van der Waals surface area contributed by atoms with Gasteiger partial charge in [-0.25, -0.2) is 0 Å². The van der Waals surface area contributed by atoms with Crippen LogP contribution in [0.5, 0.6) is 0 Å². The number of rotatable bonds is 17. The van der Waals surface area contributed by atoms with E-state index < -0.39 is 0 Å². The Hall–Kier alpha value is -1.42. The summed E-state index contributed by atoms with van der Waals surface area (Å²) >= 11 is 17.6. The number of unbranched alkanes of at least 4 members (excludes halogenated alkanes) is 6. The van der Waals surface area contributed by atoms with Crippen molar-refractivity contribution in [2.45, 2.75) is 78.1 Å². The second-order valence-corrected chi connectivity index (χ2v) is 15.5. The van der Waals surface area contributed by atoms with Crippen molar-refractivity contribution in [1.29, 1.82) is 0 Å². The monoisotopic (exact) mass is 646 g/mol. The van der Waals surface area contributed by atoms with Crippen LogP contribution < -0.4 is 0 Å². The van der Waals surface area contributed by atoms with E-state index >= 15 is 0 Å². The molecule has 4 aromatic heterocycles. The minimum Gasteiger partial charge on any atom is -0.487 e. The molecule has 0 aliphatic heterocycles. The molecule has 0 spiro atoms. The Morgan fingerprint density at radius 1 is 0.475 bits per heavy atom. The molecule has 214 valence electrons. The van der Waals surface area contributed by atoms with Gasteiger partial charge < -0.3 is 9.47 Å². The molecule has 0 amide bonds. The maximum absolute atomic E-state index is 5.38. The second kappa shape index (κ2) is 16.9. The molecule has 0 atom stereocenters. The standard InChI is InChI=1S/C32H38O2S6/c1-23(35)33-21-9-5-3-7-11-25-13-15-27(37-25)29-17-19-31(39-29)32-20-18-30(40-32)28-16-14-26(38-28)12-8-4-6-10-22-34-24(2)36/h13-20H,3-12,21-22H2,1-2H3. The summed E-state index contributed by atoms with van der Waals surface area (Å²) in [7, 11) is 0. The van der Waals surface area contributed by atoms with E-state index in [1.54, 1.807) is 0 Å². The smallest absolute Gasteiger partial charge is 0.156 e. The van der Waals surface area contributed by atoms with Crippen LogP contribution in [0, 0.1) is 0 Å². The first kappa shape index (κ1) is 31.5. The van der Waals surface area contributed by atoms with Gasteiger partial charge in [-0.2, -0.15) is 0 Å². The lowest BCUT2D eigenvalue weighted by Crippen LogP contribution is -1.98. The molecule has 4 aromatic rings. The largest absolute Gasteiger partial charge is 0.487 e. The average molecular weight is 647 g/mol. The molecule has 4 heterocycles. The summed E-state index contributed by atoms with van der Waals surface area (Å²) in [6, 6.07) is 18.4. The van der Waals surface area contributed by atoms with Gasteiger partial charge in [0.2, 0.25) is 0 Å². The Labute approximate surface area is 266 Å². The van der Waals surface area contributed by atoms with Crippen LogP contribution in [0.15, 0.2) is 48.5 Å². The molecule has 8 heteroatoms. The van der Waals surface area contributed by atoms with E-state index in [4.69, 9.17) is 33.9 Å². The lowest BCUT2D eigenvalue weighted by Gasteiger charge is -2.03. The predicted molar refractivity (Wildman–Crippen MR) is 187 cm³/mol. The Morgan fingerprint density at radius 3 is 1.18 bits per heavy atom. The molecule has 0 bridgehead atoms. The Bertz CT molecular complexity index is 1240. The molecule has 0 fully saturated rings. The zero-order valence-electron chi connectivity index (χ0n) is 23.4. The van der Waals surface area contributed by atoms with Gasteiger partial charge in [0.25, 0.3) is 0 Å². The minimum absolute atomic E-state index is 0.650. The summed E-state index contributed by atoms with van der Waals surface area (Å²) < 4.78 is 10.8. The highest BCUT2D eigenvalue weighted by Crippen LogP contribution is 2.43. The Kier molecular flexibility index (Phi) is 13.3. The van der Waals surface area contributed by atoms with Crippen LogP contribution >= 0.6 is 69.8 Å². The summed E-state index contributed by atoms with van der Waals surface area (Å²) in [5, 5.41) is 1.30. The van der Waals surface area contributed by atoms with Crippen LogP contribution in [0.1, 0.15) is 75.0 Å². The van der Waals surface area contributed by atoms with Gasteiger partial charge in [0.15, 0.2) is 10.1 Å². The van der Waals surface area contributed by atoms with E-state index in [1.165, 1.54) is 77.5 Å². The average Bonchev–Trinajstić information content (AvgIpc) is 3.73. The number of aryl methyl sites for hydroxylation is 2. The topological polar surface area (TPSA) is 18.5 Å². The van der Waals surface area contributed by atoms with E-state index in [0.717, 1.165) is 38.9 Å². The maximum atomic E-state index is 5.38. The highest BCUT2D eigenvalue weighted by molar-refractivity contribution is 7.80. The van der Waals surface area contributed by atoms with Crippen molar-refractivity contribution in [3.8, 4) is 29.3 Å². The van der Waals surface area contributed by atoms with E-state index in [0.29, 0.717) is 10.1 Å². The molecule has 0 aromatic carbocycles. The summed E-state index contributed by atoms with van der Waals surface area (Å²) in [5.74, 6) is 0. The molecule has 40 heavy (non-hydrogen) atoms. The first-order chi connectivity index (χ1) is 19.5. The molecular formula is C32H38O2S6. The summed E-state index contributed by atoms with van der Waals surface area (Å²) in [5.41, 5.74) is 0. The Morgan fingerprint density at radius 2 is 0.800 bits per heavy atom. The van der Waals surface area contributed by atoms with Crippen LogP contribution in [0.3, 0.4) is 0 Å². The minimum atomic E-state index is 0.650. The van der Waals surface area contributed by atoms with Crippen LogP contribution in [0.4, 0.5) is 0 Å². The van der Waals surface area contributed by atoms with Crippen molar-refractivity contribution in [2.24, 2.45) is 0 Å². The van der Waals surface area contributed by atoms with Crippen LogP contribution in [0.2, 0.25) is 0 Å². The van der Waals surface area contributed by atoms with E-state index in [-0.39, 0.29) is 0 Å². The first-order valence-corrected chi connectivity index (χ1v) is 18.2. The molecule has 0 saturated carbocycles. The molecule has 0 aliphatic carbocycles. The number of hydrogen-bond donors (Lipinski definition) is 0. The number of hydrogen-bond acceptors (Lipinski definition) is 8. The maximum Gasteiger partial charge on any atom is 0.156 e. The van der Waals surface area contributed by atoms with Gasteiger partial charge in [-0.3, -0.25) is 0 Å². The van der Waals surface area contributed by atoms with E-state index in [2.05, 4.69) is 48.5 Å². The zero-order chi connectivity index (χ0) is 28.2. The number of ether oxygens (including phenoxy) is 2. The van der Waals surface area contributed by atoms with Crippen LogP contribution in [0.25, 0.3) is 29.3 Å². The van der Waals surface area contributed by atoms with Gasteiger partial charge >= 0.3 is 0 Å². The van der Waals surface area contributed by atoms with Crippen LogP contribution in [-0.2, 0) is 22.3 Å². The van der Waals surface area contributed by atoms with Gasteiger partial charge in [-0.1, -0.05) is 25.7 Å². The second-order valence-electron chi connectivity index (χ2n) is 9.87. The highest BCUT2D eigenvalue weighted by atomic mass is 32.1. The number of thiocarbonyl (C=S) groups is 2. The van der Waals surface area contributed by atoms with Gasteiger partial charge in [-0.15, -0.1) is 45.3 Å². The first-order valence-electron chi connectivity index (χ1n) is 14.1. The van der Waals surface area contributed by atoms with E-state index in [9.17, 15) is 0 Å². The fourth-order valence-electron chi connectivity index (χ4n) is 4.44. The molecule has 0 saturated heterocycles. The lowest BCUT2D eigenvalue weighted by atomic mass is 10.1. The predicted octanol–water partition coefficient (Wildman–Crippen LogP) is 11.9.